The number of anilines is 1. The van der Waals surface area contributed by atoms with Crippen molar-refractivity contribution in [2.75, 3.05) is 32.0 Å². The van der Waals surface area contributed by atoms with E-state index in [1.54, 1.807) is 18.2 Å². The van der Waals surface area contributed by atoms with E-state index in [4.69, 9.17) is 11.6 Å². The lowest BCUT2D eigenvalue weighted by Crippen LogP contribution is -2.50. The number of carbonyl (C=O) groups is 1. The Balaban J connectivity index is 2.03. The lowest BCUT2D eigenvalue weighted by atomic mass is 10.2. The molecule has 1 aromatic rings. The van der Waals surface area contributed by atoms with E-state index in [-0.39, 0.29) is 12.5 Å². The molecule has 2 rings (SSSR count). The van der Waals surface area contributed by atoms with Crippen LogP contribution in [-0.4, -0.2) is 49.6 Å². The maximum Gasteiger partial charge on any atom is 0.282 e. The summed E-state index contributed by atoms with van der Waals surface area (Å²) in [5.74, 6) is -0.381. The molecule has 1 N–H and O–H groups in total. The van der Waals surface area contributed by atoms with Gasteiger partial charge in [0.1, 0.15) is 0 Å². The van der Waals surface area contributed by atoms with Gasteiger partial charge in [0, 0.05) is 30.8 Å². The average molecular weight is 332 g/mol. The maximum atomic E-state index is 12.1. The summed E-state index contributed by atoms with van der Waals surface area (Å²) in [5.41, 5.74) is 1.47. The lowest BCUT2D eigenvalue weighted by Gasteiger charge is -2.31. The molecule has 6 nitrogen and oxygen atoms in total. The zero-order valence-corrected chi connectivity index (χ0v) is 13.5. The molecule has 0 aromatic heterocycles. The molecule has 1 aliphatic heterocycles. The van der Waals surface area contributed by atoms with Crippen LogP contribution >= 0.6 is 11.6 Å². The van der Waals surface area contributed by atoms with Crippen molar-refractivity contribution in [2.45, 2.75) is 13.3 Å². The molecular formula is C13H18ClN3O3S. The normalized spacial score (nSPS) is 19.4. The average Bonchev–Trinajstić information content (AvgIpc) is 2.40. The number of hydrogen-bond donors (Lipinski definition) is 1. The van der Waals surface area contributed by atoms with Gasteiger partial charge < -0.3 is 5.32 Å². The molecule has 1 aliphatic rings. The lowest BCUT2D eigenvalue weighted by molar-refractivity contribution is -0.116. The molecule has 8 heteroatoms. The van der Waals surface area contributed by atoms with Gasteiger partial charge in [0.2, 0.25) is 5.91 Å². The van der Waals surface area contributed by atoms with Crippen LogP contribution in [0.5, 0.6) is 0 Å². The van der Waals surface area contributed by atoms with Gasteiger partial charge in [-0.25, -0.2) is 0 Å². The molecule has 1 heterocycles. The minimum atomic E-state index is -3.52. The van der Waals surface area contributed by atoms with Crippen molar-refractivity contribution in [2.24, 2.45) is 0 Å². The Kier molecular flexibility index (Phi) is 4.88. The molecular weight excluding hydrogens is 314 g/mol. The second kappa shape index (κ2) is 6.31. The number of benzene rings is 1. The number of nitrogens with one attached hydrogen (secondary N) is 1. The molecule has 0 bridgehead atoms. The third kappa shape index (κ3) is 3.74. The Morgan fingerprint density at radius 1 is 1.38 bits per heavy atom. The van der Waals surface area contributed by atoms with Crippen LogP contribution in [0.25, 0.3) is 0 Å². The molecule has 1 amide bonds. The van der Waals surface area contributed by atoms with E-state index in [0.29, 0.717) is 30.2 Å². The van der Waals surface area contributed by atoms with Crippen LogP contribution in [0.1, 0.15) is 12.0 Å². The topological polar surface area (TPSA) is 69.7 Å². The summed E-state index contributed by atoms with van der Waals surface area (Å²) in [6.07, 6.45) is 0.708. The molecule has 0 saturated carbocycles. The van der Waals surface area contributed by atoms with Crippen LogP contribution in [0.3, 0.4) is 0 Å². The first kappa shape index (κ1) is 16.2. The number of halogens is 1. The van der Waals surface area contributed by atoms with Gasteiger partial charge in [-0.1, -0.05) is 17.7 Å². The number of rotatable bonds is 3. The van der Waals surface area contributed by atoms with Crippen molar-refractivity contribution in [3.05, 3.63) is 28.8 Å². The van der Waals surface area contributed by atoms with Crippen molar-refractivity contribution in [3.63, 3.8) is 0 Å². The van der Waals surface area contributed by atoms with E-state index in [9.17, 15) is 13.2 Å². The molecule has 0 unspecified atom stereocenters. The van der Waals surface area contributed by atoms with E-state index in [2.05, 4.69) is 5.32 Å². The summed E-state index contributed by atoms with van der Waals surface area (Å²) < 4.78 is 26.5. The van der Waals surface area contributed by atoms with Crippen molar-refractivity contribution >= 4 is 33.4 Å². The number of amides is 1. The molecule has 0 atom stereocenters. The van der Waals surface area contributed by atoms with Crippen LogP contribution in [0, 0.1) is 6.92 Å². The number of aryl methyl sites for hydroxylation is 1. The van der Waals surface area contributed by atoms with Crippen molar-refractivity contribution in [3.8, 4) is 0 Å². The van der Waals surface area contributed by atoms with E-state index in [0.717, 1.165) is 5.56 Å². The van der Waals surface area contributed by atoms with Crippen LogP contribution in [-0.2, 0) is 15.0 Å². The Labute approximate surface area is 129 Å². The van der Waals surface area contributed by atoms with Gasteiger partial charge >= 0.3 is 0 Å². The number of carbonyl (C=O) groups excluding carboxylic acids is 1. The van der Waals surface area contributed by atoms with Crippen LogP contribution in [0.2, 0.25) is 5.02 Å². The fourth-order valence-electron chi connectivity index (χ4n) is 2.09. The van der Waals surface area contributed by atoms with Crippen LogP contribution in [0.15, 0.2) is 18.2 Å². The molecule has 21 heavy (non-hydrogen) atoms. The highest BCUT2D eigenvalue weighted by molar-refractivity contribution is 7.86. The number of nitrogens with zero attached hydrogens (tertiary/aromatic N) is 2. The molecule has 0 spiro atoms. The fraction of sp³-hybridized carbons (Fsp3) is 0.462. The minimum Gasteiger partial charge on any atom is -0.325 e. The standard InChI is InChI=1S/C13H18ClN3O3S/c1-10-4-5-11(8-12(10)14)15-13(18)9-17-7-3-6-16(2)21(17,19)20/h4-5,8H,3,6-7,9H2,1-2H3,(H,15,18). The summed E-state index contributed by atoms with van der Waals surface area (Å²) in [5, 5.41) is 3.22. The Bertz CT molecular complexity index is 648. The largest absolute Gasteiger partial charge is 0.325 e. The van der Waals surface area contributed by atoms with Gasteiger partial charge in [-0.3, -0.25) is 4.79 Å². The van der Waals surface area contributed by atoms with Gasteiger partial charge in [0.05, 0.1) is 6.54 Å². The Morgan fingerprint density at radius 3 is 2.76 bits per heavy atom. The summed E-state index contributed by atoms with van der Waals surface area (Å²) in [4.78, 5) is 12.0. The third-order valence-electron chi connectivity index (χ3n) is 3.38. The quantitative estimate of drug-likeness (QED) is 0.911. The molecule has 1 saturated heterocycles. The monoisotopic (exact) mass is 331 g/mol. The molecule has 0 radical (unpaired) electrons. The first-order chi connectivity index (χ1) is 9.80. The predicted molar refractivity (Wildman–Crippen MR) is 82.6 cm³/mol. The van der Waals surface area contributed by atoms with Gasteiger partial charge in [0.15, 0.2) is 0 Å². The van der Waals surface area contributed by atoms with E-state index < -0.39 is 10.2 Å². The summed E-state index contributed by atoms with van der Waals surface area (Å²) >= 11 is 5.99. The zero-order valence-electron chi connectivity index (χ0n) is 12.0. The Hall–Kier alpha value is -1.15. The maximum absolute atomic E-state index is 12.1. The fourth-order valence-corrected chi connectivity index (χ4v) is 3.66. The number of hydrogen-bond acceptors (Lipinski definition) is 3. The first-order valence-electron chi connectivity index (χ1n) is 6.58. The second-order valence-corrected chi connectivity index (χ2v) is 7.47. The smallest absolute Gasteiger partial charge is 0.282 e. The van der Waals surface area contributed by atoms with Gasteiger partial charge in [0.25, 0.3) is 10.2 Å². The minimum absolute atomic E-state index is 0.196. The molecule has 1 aromatic carbocycles. The highest BCUT2D eigenvalue weighted by Gasteiger charge is 2.32. The molecule has 1 fully saturated rings. The summed E-state index contributed by atoms with van der Waals surface area (Å²) in [6.45, 7) is 2.50. The highest BCUT2D eigenvalue weighted by atomic mass is 35.5. The molecule has 116 valence electrons. The van der Waals surface area contributed by atoms with Gasteiger partial charge in [-0.2, -0.15) is 17.0 Å². The highest BCUT2D eigenvalue weighted by Crippen LogP contribution is 2.20. The van der Waals surface area contributed by atoms with Crippen LogP contribution in [0.4, 0.5) is 5.69 Å². The summed E-state index contributed by atoms with van der Waals surface area (Å²) in [7, 11) is -2.01. The SMILES string of the molecule is Cc1ccc(NC(=O)CN2CCCN(C)S2(=O)=O)cc1Cl. The predicted octanol–water partition coefficient (Wildman–Crippen LogP) is 1.47. The van der Waals surface area contributed by atoms with E-state index in [1.165, 1.54) is 15.7 Å². The van der Waals surface area contributed by atoms with Crippen molar-refractivity contribution < 1.29 is 13.2 Å². The van der Waals surface area contributed by atoms with Crippen LogP contribution < -0.4 is 5.32 Å². The zero-order chi connectivity index (χ0) is 15.6. The second-order valence-electron chi connectivity index (χ2n) is 5.03. The van der Waals surface area contributed by atoms with E-state index >= 15 is 0 Å². The van der Waals surface area contributed by atoms with Gasteiger partial charge in [-0.15, -0.1) is 0 Å². The van der Waals surface area contributed by atoms with Gasteiger partial charge in [-0.05, 0) is 31.0 Å². The Morgan fingerprint density at radius 2 is 2.10 bits per heavy atom. The van der Waals surface area contributed by atoms with Crippen molar-refractivity contribution in [1.82, 2.24) is 8.61 Å². The van der Waals surface area contributed by atoms with E-state index in [1.807, 2.05) is 6.92 Å². The third-order valence-corrected chi connectivity index (χ3v) is 5.72. The molecule has 0 aliphatic carbocycles. The first-order valence-corrected chi connectivity index (χ1v) is 8.35. The summed E-state index contributed by atoms with van der Waals surface area (Å²) in [6, 6.07) is 5.17. The van der Waals surface area contributed by atoms with Crippen molar-refractivity contribution in [1.29, 1.82) is 0 Å².